The number of ether oxygens (including phenoxy) is 1. The molecular weight excluding hydrogens is 238 g/mol. The molecule has 0 spiro atoms. The summed E-state index contributed by atoms with van der Waals surface area (Å²) in [6.07, 6.45) is 3.43. The van der Waals surface area contributed by atoms with Gasteiger partial charge in [0.05, 0.1) is 12.1 Å². The third kappa shape index (κ3) is 4.03. The molecule has 1 aliphatic rings. The van der Waals surface area contributed by atoms with Crippen LogP contribution in [0.15, 0.2) is 30.3 Å². The van der Waals surface area contributed by atoms with Gasteiger partial charge in [-0.2, -0.15) is 0 Å². The monoisotopic (exact) mass is 263 g/mol. The number of rotatable bonds is 9. The smallest absolute Gasteiger partial charge is 0.0691 e. The Morgan fingerprint density at radius 2 is 2.05 bits per heavy atom. The van der Waals surface area contributed by atoms with Crippen LogP contribution in [0.2, 0.25) is 0 Å². The second-order valence-corrected chi connectivity index (χ2v) is 5.40. The van der Waals surface area contributed by atoms with Crippen LogP contribution in [0, 0.1) is 5.92 Å². The van der Waals surface area contributed by atoms with Crippen LogP contribution < -0.4 is 5.32 Å². The van der Waals surface area contributed by atoms with Crippen molar-refractivity contribution in [1.29, 1.82) is 0 Å². The normalized spacial score (nSPS) is 18.2. The Morgan fingerprint density at radius 1 is 1.32 bits per heavy atom. The molecule has 1 aromatic carbocycles. The fourth-order valence-electron chi connectivity index (χ4n) is 2.44. The molecule has 1 aliphatic carbocycles. The molecule has 3 nitrogen and oxygen atoms in total. The van der Waals surface area contributed by atoms with Crippen LogP contribution in [-0.4, -0.2) is 31.5 Å². The van der Waals surface area contributed by atoms with Crippen molar-refractivity contribution in [1.82, 2.24) is 5.32 Å². The lowest BCUT2D eigenvalue weighted by Crippen LogP contribution is -2.46. The zero-order valence-electron chi connectivity index (χ0n) is 11.8. The number of hydrogen-bond donors (Lipinski definition) is 2. The van der Waals surface area contributed by atoms with E-state index in [-0.39, 0.29) is 12.1 Å². The topological polar surface area (TPSA) is 41.5 Å². The molecule has 1 aromatic rings. The SMILES string of the molecule is CCNC(CO)(CCOCC1CC1)c1ccccc1. The van der Waals surface area contributed by atoms with Crippen LogP contribution in [0.3, 0.4) is 0 Å². The van der Waals surface area contributed by atoms with Crippen LogP contribution >= 0.6 is 0 Å². The number of aliphatic hydroxyl groups is 1. The molecule has 1 fully saturated rings. The van der Waals surface area contributed by atoms with Gasteiger partial charge in [-0.3, -0.25) is 0 Å². The van der Waals surface area contributed by atoms with Crippen molar-refractivity contribution in [3.63, 3.8) is 0 Å². The fourth-order valence-corrected chi connectivity index (χ4v) is 2.44. The first-order chi connectivity index (χ1) is 9.30. The van der Waals surface area contributed by atoms with Crippen LogP contribution in [0.1, 0.15) is 31.7 Å². The van der Waals surface area contributed by atoms with Gasteiger partial charge in [0.2, 0.25) is 0 Å². The van der Waals surface area contributed by atoms with E-state index < -0.39 is 0 Å². The molecule has 0 aliphatic heterocycles. The summed E-state index contributed by atoms with van der Waals surface area (Å²) in [5, 5.41) is 13.3. The summed E-state index contributed by atoms with van der Waals surface area (Å²) >= 11 is 0. The minimum absolute atomic E-state index is 0.0949. The van der Waals surface area contributed by atoms with E-state index in [1.54, 1.807) is 0 Å². The highest BCUT2D eigenvalue weighted by atomic mass is 16.5. The molecular formula is C16H25NO2. The van der Waals surface area contributed by atoms with Crippen LogP contribution in [-0.2, 0) is 10.3 Å². The maximum atomic E-state index is 9.86. The summed E-state index contributed by atoms with van der Waals surface area (Å²) in [6.45, 7) is 4.56. The quantitative estimate of drug-likeness (QED) is 0.672. The Hall–Kier alpha value is -0.900. The van der Waals surface area contributed by atoms with Gasteiger partial charge in [0, 0.05) is 13.2 Å². The molecule has 3 heteroatoms. The summed E-state index contributed by atoms with van der Waals surface area (Å²) in [4.78, 5) is 0. The minimum Gasteiger partial charge on any atom is -0.394 e. The van der Waals surface area contributed by atoms with Gasteiger partial charge in [0.1, 0.15) is 0 Å². The summed E-state index contributed by atoms with van der Waals surface area (Å²) in [5.41, 5.74) is 0.758. The second kappa shape index (κ2) is 7.04. The molecule has 1 unspecified atom stereocenters. The molecule has 0 amide bonds. The number of nitrogens with one attached hydrogen (secondary N) is 1. The van der Waals surface area contributed by atoms with Gasteiger partial charge in [0.25, 0.3) is 0 Å². The van der Waals surface area contributed by atoms with Gasteiger partial charge in [-0.25, -0.2) is 0 Å². The number of likely N-dealkylation sites (N-methyl/N-ethyl adjacent to an activating group) is 1. The van der Waals surface area contributed by atoms with E-state index in [4.69, 9.17) is 4.74 Å². The maximum absolute atomic E-state index is 9.86. The molecule has 2 N–H and O–H groups in total. The molecule has 0 radical (unpaired) electrons. The van der Waals surface area contributed by atoms with Gasteiger partial charge in [-0.05, 0) is 37.3 Å². The Kier molecular flexibility index (Phi) is 5.37. The summed E-state index contributed by atoms with van der Waals surface area (Å²) in [5.74, 6) is 0.791. The van der Waals surface area contributed by atoms with E-state index in [1.807, 2.05) is 18.2 Å². The molecule has 0 heterocycles. The molecule has 19 heavy (non-hydrogen) atoms. The molecule has 1 saturated carbocycles. The third-order valence-corrected chi connectivity index (χ3v) is 3.84. The zero-order chi connectivity index (χ0) is 13.6. The van der Waals surface area contributed by atoms with Crippen molar-refractivity contribution in [2.45, 2.75) is 31.7 Å². The van der Waals surface area contributed by atoms with E-state index in [9.17, 15) is 5.11 Å². The highest BCUT2D eigenvalue weighted by Crippen LogP contribution is 2.29. The van der Waals surface area contributed by atoms with Gasteiger partial charge >= 0.3 is 0 Å². The van der Waals surface area contributed by atoms with Crippen molar-refractivity contribution in [2.24, 2.45) is 5.92 Å². The molecule has 2 rings (SSSR count). The third-order valence-electron chi connectivity index (χ3n) is 3.84. The van der Waals surface area contributed by atoms with Crippen molar-refractivity contribution in [2.75, 3.05) is 26.4 Å². The Balaban J connectivity index is 1.96. The van der Waals surface area contributed by atoms with Crippen molar-refractivity contribution < 1.29 is 9.84 Å². The predicted molar refractivity (Wildman–Crippen MR) is 77.0 cm³/mol. The largest absolute Gasteiger partial charge is 0.394 e. The first kappa shape index (κ1) is 14.5. The standard InChI is InChI=1S/C16H25NO2/c1-2-17-16(13-18,15-6-4-3-5-7-15)10-11-19-12-14-8-9-14/h3-7,14,17-18H,2,8-13H2,1H3. The number of hydrogen-bond acceptors (Lipinski definition) is 3. The highest BCUT2D eigenvalue weighted by molar-refractivity contribution is 5.24. The average molecular weight is 263 g/mol. The summed E-state index contributed by atoms with van der Waals surface area (Å²) < 4.78 is 5.73. The van der Waals surface area contributed by atoms with E-state index in [0.717, 1.165) is 31.1 Å². The lowest BCUT2D eigenvalue weighted by Gasteiger charge is -2.33. The fraction of sp³-hybridized carbons (Fsp3) is 0.625. The Bertz CT molecular complexity index is 364. The van der Waals surface area contributed by atoms with Crippen molar-refractivity contribution in [3.05, 3.63) is 35.9 Å². The van der Waals surface area contributed by atoms with Gasteiger partial charge < -0.3 is 15.2 Å². The predicted octanol–water partition coefficient (Wildman–Crippen LogP) is 2.30. The molecule has 0 saturated heterocycles. The molecule has 106 valence electrons. The van der Waals surface area contributed by atoms with Crippen molar-refractivity contribution in [3.8, 4) is 0 Å². The second-order valence-electron chi connectivity index (χ2n) is 5.40. The van der Waals surface area contributed by atoms with Gasteiger partial charge in [-0.15, -0.1) is 0 Å². The van der Waals surface area contributed by atoms with Crippen LogP contribution in [0.4, 0.5) is 0 Å². The van der Waals surface area contributed by atoms with E-state index >= 15 is 0 Å². The average Bonchev–Trinajstić information content (AvgIpc) is 3.27. The Labute approximate surface area is 116 Å². The van der Waals surface area contributed by atoms with Crippen LogP contribution in [0.25, 0.3) is 0 Å². The summed E-state index contributed by atoms with van der Waals surface area (Å²) in [6, 6.07) is 10.2. The first-order valence-corrected chi connectivity index (χ1v) is 7.30. The maximum Gasteiger partial charge on any atom is 0.0691 e. The zero-order valence-corrected chi connectivity index (χ0v) is 11.8. The highest BCUT2D eigenvalue weighted by Gasteiger charge is 2.30. The summed E-state index contributed by atoms with van der Waals surface area (Å²) in [7, 11) is 0. The lowest BCUT2D eigenvalue weighted by atomic mass is 9.87. The number of benzene rings is 1. The lowest BCUT2D eigenvalue weighted by molar-refractivity contribution is 0.0745. The van der Waals surface area contributed by atoms with Crippen LogP contribution in [0.5, 0.6) is 0 Å². The van der Waals surface area contributed by atoms with Crippen molar-refractivity contribution >= 4 is 0 Å². The minimum atomic E-state index is -0.375. The molecule has 0 aromatic heterocycles. The Morgan fingerprint density at radius 3 is 2.63 bits per heavy atom. The molecule has 1 atom stereocenters. The number of aliphatic hydroxyl groups excluding tert-OH is 1. The van der Waals surface area contributed by atoms with E-state index in [1.165, 1.54) is 12.8 Å². The first-order valence-electron chi connectivity index (χ1n) is 7.30. The van der Waals surface area contributed by atoms with E-state index in [2.05, 4.69) is 24.4 Å². The van der Waals surface area contributed by atoms with Gasteiger partial charge in [-0.1, -0.05) is 37.3 Å². The molecule has 0 bridgehead atoms. The van der Waals surface area contributed by atoms with E-state index in [0.29, 0.717) is 6.61 Å². The van der Waals surface area contributed by atoms with Gasteiger partial charge in [0.15, 0.2) is 0 Å².